The lowest BCUT2D eigenvalue weighted by molar-refractivity contribution is 0.0524. The van der Waals surface area contributed by atoms with E-state index in [1.807, 2.05) is 45.0 Å². The summed E-state index contributed by atoms with van der Waals surface area (Å²) >= 11 is 0. The molecule has 7 nitrogen and oxygen atoms in total. The number of hydrogen-bond donors (Lipinski definition) is 3. The smallest absolute Gasteiger partial charge is 0.407 e. The average molecular weight is 492 g/mol. The number of guanidine groups is 1. The Labute approximate surface area is 179 Å². The molecule has 1 aromatic rings. The normalized spacial score (nSPS) is 12.6. The lowest BCUT2D eigenvalue weighted by atomic mass is 10.1. The van der Waals surface area contributed by atoms with E-state index < -0.39 is 11.7 Å². The molecule has 8 heteroatoms. The van der Waals surface area contributed by atoms with Crippen LogP contribution in [0.25, 0.3) is 0 Å². The summed E-state index contributed by atoms with van der Waals surface area (Å²) in [6, 6.07) is 7.31. The third kappa shape index (κ3) is 11.6. The number of rotatable bonds is 8. The summed E-state index contributed by atoms with van der Waals surface area (Å²) in [5, 5.41) is 5.82. The van der Waals surface area contributed by atoms with Crippen molar-refractivity contribution in [2.45, 2.75) is 58.6 Å². The van der Waals surface area contributed by atoms with Crippen LogP contribution in [0.2, 0.25) is 0 Å². The number of nitrogens with one attached hydrogen (secondary N) is 2. The van der Waals surface area contributed by atoms with E-state index in [1.165, 1.54) is 0 Å². The number of amides is 1. The van der Waals surface area contributed by atoms with E-state index in [-0.39, 0.29) is 30.0 Å². The molecular weight excluding hydrogens is 459 g/mol. The van der Waals surface area contributed by atoms with Gasteiger partial charge in [-0.1, -0.05) is 25.8 Å². The predicted molar refractivity (Wildman–Crippen MR) is 121 cm³/mol. The first-order chi connectivity index (χ1) is 12.2. The number of carbonyl (C=O) groups excluding carboxylic acids is 1. The molecule has 1 amide bonds. The highest BCUT2D eigenvalue weighted by Gasteiger charge is 2.17. The quantitative estimate of drug-likeness (QED) is 0.288. The summed E-state index contributed by atoms with van der Waals surface area (Å²) in [5.74, 6) is 1.03. The Hall–Kier alpha value is -1.71. The van der Waals surface area contributed by atoms with E-state index in [0.717, 1.165) is 30.7 Å². The number of benzene rings is 1. The van der Waals surface area contributed by atoms with E-state index >= 15 is 0 Å². The molecule has 0 aliphatic carbocycles. The highest BCUT2D eigenvalue weighted by atomic mass is 127. The summed E-state index contributed by atoms with van der Waals surface area (Å²) in [7, 11) is 1.61. The van der Waals surface area contributed by atoms with Gasteiger partial charge in [0.1, 0.15) is 11.4 Å². The molecule has 4 N–H and O–H groups in total. The Morgan fingerprint density at radius 1 is 1.33 bits per heavy atom. The Morgan fingerprint density at radius 3 is 2.63 bits per heavy atom. The van der Waals surface area contributed by atoms with Crippen molar-refractivity contribution >= 4 is 41.7 Å². The van der Waals surface area contributed by atoms with E-state index in [0.29, 0.717) is 12.5 Å². The maximum atomic E-state index is 11.8. The Balaban J connectivity index is 0.00000676. The molecule has 1 rings (SSSR count). The molecular formula is C19H33IN4O3. The Kier molecular flexibility index (Phi) is 11.8. The van der Waals surface area contributed by atoms with Crippen LogP contribution in [0.3, 0.4) is 0 Å². The molecule has 0 saturated heterocycles. The van der Waals surface area contributed by atoms with Crippen molar-refractivity contribution in [3.63, 3.8) is 0 Å². The first kappa shape index (κ1) is 25.3. The van der Waals surface area contributed by atoms with Gasteiger partial charge < -0.3 is 25.8 Å². The van der Waals surface area contributed by atoms with E-state index in [4.69, 9.17) is 15.2 Å². The SMILES string of the molecule is CCCCC(CNC(=O)OC(C)(C)C)N=C(N)Nc1cccc(OC)c1.I. The lowest BCUT2D eigenvalue weighted by Crippen LogP contribution is -2.37. The van der Waals surface area contributed by atoms with Gasteiger partial charge in [0.2, 0.25) is 0 Å². The number of nitrogens with zero attached hydrogens (tertiary/aromatic N) is 1. The standard InChI is InChI=1S/C19H32N4O3.HI/c1-6-7-9-15(13-21-18(24)26-19(2,3)4)23-17(20)22-14-10-8-11-16(12-14)25-5;/h8,10-12,15H,6-7,9,13H2,1-5H3,(H,21,24)(H3,20,22,23);1H. The first-order valence-corrected chi connectivity index (χ1v) is 8.94. The summed E-state index contributed by atoms with van der Waals surface area (Å²) in [6.07, 6.45) is 2.42. The minimum Gasteiger partial charge on any atom is -0.497 e. The molecule has 27 heavy (non-hydrogen) atoms. The minimum atomic E-state index is -0.529. The zero-order valence-electron chi connectivity index (χ0n) is 16.9. The van der Waals surface area contributed by atoms with Crippen LogP contribution in [0.1, 0.15) is 47.0 Å². The van der Waals surface area contributed by atoms with Gasteiger partial charge in [-0.2, -0.15) is 0 Å². The number of unbranched alkanes of at least 4 members (excludes halogenated alkanes) is 1. The highest BCUT2D eigenvalue weighted by Crippen LogP contribution is 2.16. The van der Waals surface area contributed by atoms with Gasteiger partial charge in [0, 0.05) is 18.3 Å². The Bertz CT molecular complexity index is 603. The monoisotopic (exact) mass is 492 g/mol. The fourth-order valence-corrected chi connectivity index (χ4v) is 2.25. The fourth-order valence-electron chi connectivity index (χ4n) is 2.25. The van der Waals surface area contributed by atoms with Gasteiger partial charge in [-0.25, -0.2) is 9.79 Å². The molecule has 0 heterocycles. The van der Waals surface area contributed by atoms with Crippen LogP contribution in [-0.2, 0) is 4.74 Å². The van der Waals surface area contributed by atoms with Crippen LogP contribution in [0, 0.1) is 0 Å². The van der Waals surface area contributed by atoms with Crippen LogP contribution >= 0.6 is 24.0 Å². The molecule has 0 fully saturated rings. The summed E-state index contributed by atoms with van der Waals surface area (Å²) in [6.45, 7) is 7.97. The summed E-state index contributed by atoms with van der Waals surface area (Å²) in [5.41, 5.74) is 6.30. The van der Waals surface area contributed by atoms with Crippen LogP contribution < -0.4 is 21.1 Å². The molecule has 0 saturated carbocycles. The fraction of sp³-hybridized carbons (Fsp3) is 0.579. The predicted octanol–water partition coefficient (Wildman–Crippen LogP) is 4.12. The number of nitrogens with two attached hydrogens (primary N) is 1. The first-order valence-electron chi connectivity index (χ1n) is 8.94. The van der Waals surface area contributed by atoms with Crippen LogP contribution in [0.4, 0.5) is 10.5 Å². The second-order valence-electron chi connectivity index (χ2n) is 7.05. The second kappa shape index (κ2) is 12.6. The third-order valence-corrected chi connectivity index (χ3v) is 3.44. The number of ether oxygens (including phenoxy) is 2. The van der Waals surface area contributed by atoms with Crippen LogP contribution in [-0.4, -0.2) is 37.4 Å². The van der Waals surface area contributed by atoms with Gasteiger partial charge in [-0.15, -0.1) is 24.0 Å². The average Bonchev–Trinajstić information content (AvgIpc) is 2.55. The molecule has 1 aromatic carbocycles. The number of carbonyl (C=O) groups is 1. The van der Waals surface area contributed by atoms with Crippen molar-refractivity contribution in [3.8, 4) is 5.75 Å². The largest absolute Gasteiger partial charge is 0.497 e. The van der Waals surface area contributed by atoms with Gasteiger partial charge in [0.15, 0.2) is 5.96 Å². The zero-order valence-corrected chi connectivity index (χ0v) is 19.2. The van der Waals surface area contributed by atoms with Crippen molar-refractivity contribution in [2.75, 3.05) is 19.0 Å². The Morgan fingerprint density at radius 2 is 2.04 bits per heavy atom. The van der Waals surface area contributed by atoms with Crippen molar-refractivity contribution < 1.29 is 14.3 Å². The van der Waals surface area contributed by atoms with E-state index in [1.54, 1.807) is 7.11 Å². The van der Waals surface area contributed by atoms with Gasteiger partial charge in [-0.05, 0) is 39.3 Å². The number of hydrogen-bond acceptors (Lipinski definition) is 4. The lowest BCUT2D eigenvalue weighted by Gasteiger charge is -2.21. The second-order valence-corrected chi connectivity index (χ2v) is 7.05. The molecule has 0 aliphatic rings. The van der Waals surface area contributed by atoms with E-state index in [2.05, 4.69) is 22.5 Å². The molecule has 0 aliphatic heterocycles. The van der Waals surface area contributed by atoms with Crippen molar-refractivity contribution in [1.29, 1.82) is 0 Å². The summed E-state index contributed by atoms with van der Waals surface area (Å²) in [4.78, 5) is 16.3. The van der Waals surface area contributed by atoms with Crippen LogP contribution in [0.15, 0.2) is 29.3 Å². The maximum Gasteiger partial charge on any atom is 0.407 e. The molecule has 0 bridgehead atoms. The molecule has 0 radical (unpaired) electrons. The van der Waals surface area contributed by atoms with Crippen molar-refractivity contribution in [1.82, 2.24) is 5.32 Å². The number of alkyl carbamates (subject to hydrolysis) is 1. The summed E-state index contributed by atoms with van der Waals surface area (Å²) < 4.78 is 10.5. The highest BCUT2D eigenvalue weighted by molar-refractivity contribution is 14.0. The molecule has 1 unspecified atom stereocenters. The van der Waals surface area contributed by atoms with Crippen LogP contribution in [0.5, 0.6) is 5.75 Å². The maximum absolute atomic E-state index is 11.8. The van der Waals surface area contributed by atoms with Gasteiger partial charge in [0.25, 0.3) is 0 Å². The molecule has 0 spiro atoms. The topological polar surface area (TPSA) is 98.0 Å². The van der Waals surface area contributed by atoms with Gasteiger partial charge >= 0.3 is 6.09 Å². The number of aliphatic imine (C=N–C) groups is 1. The molecule has 0 aromatic heterocycles. The number of halogens is 1. The van der Waals surface area contributed by atoms with E-state index in [9.17, 15) is 4.79 Å². The number of anilines is 1. The zero-order chi connectivity index (χ0) is 19.6. The van der Waals surface area contributed by atoms with Gasteiger partial charge in [-0.3, -0.25) is 0 Å². The van der Waals surface area contributed by atoms with Gasteiger partial charge in [0.05, 0.1) is 13.2 Å². The third-order valence-electron chi connectivity index (χ3n) is 3.44. The molecule has 154 valence electrons. The molecule has 1 atom stereocenters. The minimum absolute atomic E-state index is 0. The van der Waals surface area contributed by atoms with Crippen molar-refractivity contribution in [3.05, 3.63) is 24.3 Å². The van der Waals surface area contributed by atoms with Crippen molar-refractivity contribution in [2.24, 2.45) is 10.7 Å². The number of methoxy groups -OCH3 is 1.